The van der Waals surface area contributed by atoms with Crippen molar-refractivity contribution in [1.82, 2.24) is 4.90 Å². The molecule has 0 saturated heterocycles. The Balaban J connectivity index is 2.71. The lowest BCUT2D eigenvalue weighted by Crippen LogP contribution is -2.33. The standard InChI is InChI=1S/C12H17F3N2O/c1-18-11-3-2-9(6-10(11)13)7-17(5-4-16)8-12(14)15/h2-3,6,12H,4-5,7-8,16H2,1H3. The minimum atomic E-state index is -2.43. The van der Waals surface area contributed by atoms with Crippen LogP contribution in [0.5, 0.6) is 5.75 Å². The van der Waals surface area contributed by atoms with Gasteiger partial charge in [-0.25, -0.2) is 13.2 Å². The lowest BCUT2D eigenvalue weighted by atomic mass is 10.2. The monoisotopic (exact) mass is 262 g/mol. The van der Waals surface area contributed by atoms with E-state index in [-0.39, 0.29) is 25.4 Å². The van der Waals surface area contributed by atoms with Crippen LogP contribution in [0, 0.1) is 5.82 Å². The van der Waals surface area contributed by atoms with Gasteiger partial charge in [0.25, 0.3) is 6.43 Å². The van der Waals surface area contributed by atoms with E-state index in [1.807, 2.05) is 0 Å². The van der Waals surface area contributed by atoms with Crippen molar-refractivity contribution in [3.63, 3.8) is 0 Å². The summed E-state index contributed by atoms with van der Waals surface area (Å²) >= 11 is 0. The highest BCUT2D eigenvalue weighted by Gasteiger charge is 2.13. The van der Waals surface area contributed by atoms with Gasteiger partial charge in [0.1, 0.15) is 0 Å². The van der Waals surface area contributed by atoms with Crippen LogP contribution in [0.15, 0.2) is 18.2 Å². The van der Waals surface area contributed by atoms with E-state index in [0.717, 1.165) is 0 Å². The smallest absolute Gasteiger partial charge is 0.251 e. The number of hydrogen-bond donors (Lipinski definition) is 1. The van der Waals surface area contributed by atoms with E-state index in [4.69, 9.17) is 10.5 Å². The van der Waals surface area contributed by atoms with Crippen molar-refractivity contribution >= 4 is 0 Å². The Bertz CT molecular complexity index is 374. The lowest BCUT2D eigenvalue weighted by Gasteiger charge is -2.21. The first-order valence-corrected chi connectivity index (χ1v) is 5.59. The SMILES string of the molecule is COc1ccc(CN(CCN)CC(F)F)cc1F. The summed E-state index contributed by atoms with van der Waals surface area (Å²) < 4.78 is 42.9. The average Bonchev–Trinajstić information content (AvgIpc) is 2.28. The number of benzene rings is 1. The maximum absolute atomic E-state index is 13.4. The molecule has 3 nitrogen and oxygen atoms in total. The molecular weight excluding hydrogens is 245 g/mol. The predicted octanol–water partition coefficient (Wildman–Crippen LogP) is 1.86. The molecule has 0 bridgehead atoms. The molecule has 0 aliphatic rings. The Morgan fingerprint density at radius 1 is 1.39 bits per heavy atom. The van der Waals surface area contributed by atoms with Gasteiger partial charge in [-0.2, -0.15) is 0 Å². The maximum Gasteiger partial charge on any atom is 0.251 e. The van der Waals surface area contributed by atoms with Gasteiger partial charge in [0.05, 0.1) is 13.7 Å². The highest BCUT2D eigenvalue weighted by molar-refractivity contribution is 5.29. The second-order valence-electron chi connectivity index (χ2n) is 3.88. The van der Waals surface area contributed by atoms with Gasteiger partial charge in [-0.3, -0.25) is 4.90 Å². The van der Waals surface area contributed by atoms with Crippen LogP contribution in [0.3, 0.4) is 0 Å². The fourth-order valence-corrected chi connectivity index (χ4v) is 1.68. The van der Waals surface area contributed by atoms with E-state index in [1.165, 1.54) is 24.1 Å². The van der Waals surface area contributed by atoms with Gasteiger partial charge in [-0.1, -0.05) is 6.07 Å². The highest BCUT2D eigenvalue weighted by atomic mass is 19.3. The molecule has 0 unspecified atom stereocenters. The molecule has 1 rings (SSSR count). The number of nitrogens with two attached hydrogens (primary N) is 1. The molecule has 0 amide bonds. The van der Waals surface area contributed by atoms with Gasteiger partial charge in [0, 0.05) is 19.6 Å². The number of ether oxygens (including phenoxy) is 1. The van der Waals surface area contributed by atoms with Crippen LogP contribution in [0.4, 0.5) is 13.2 Å². The van der Waals surface area contributed by atoms with Crippen molar-refractivity contribution in [1.29, 1.82) is 0 Å². The van der Waals surface area contributed by atoms with Gasteiger partial charge in [-0.05, 0) is 17.7 Å². The Morgan fingerprint density at radius 2 is 2.11 bits per heavy atom. The Labute approximate surface area is 104 Å². The molecule has 2 N–H and O–H groups in total. The summed E-state index contributed by atoms with van der Waals surface area (Å²) in [4.78, 5) is 1.49. The second kappa shape index (κ2) is 7.23. The number of methoxy groups -OCH3 is 1. The van der Waals surface area contributed by atoms with Crippen molar-refractivity contribution < 1.29 is 17.9 Å². The molecule has 0 saturated carbocycles. The molecule has 0 spiro atoms. The molecule has 0 radical (unpaired) electrons. The third-order valence-corrected chi connectivity index (χ3v) is 2.46. The molecule has 0 aliphatic carbocycles. The van der Waals surface area contributed by atoms with E-state index < -0.39 is 12.2 Å². The molecular formula is C12H17F3N2O. The Hall–Kier alpha value is -1.27. The third kappa shape index (κ3) is 4.54. The molecule has 0 aromatic heterocycles. The fourth-order valence-electron chi connectivity index (χ4n) is 1.68. The number of halogens is 3. The summed E-state index contributed by atoms with van der Waals surface area (Å²) in [5.41, 5.74) is 5.97. The maximum atomic E-state index is 13.4. The number of rotatable bonds is 7. The lowest BCUT2D eigenvalue weighted by molar-refractivity contribution is 0.0862. The van der Waals surface area contributed by atoms with Crippen LogP contribution >= 0.6 is 0 Å². The summed E-state index contributed by atoms with van der Waals surface area (Å²) in [5.74, 6) is -0.363. The van der Waals surface area contributed by atoms with Gasteiger partial charge in [0.15, 0.2) is 11.6 Å². The molecule has 0 fully saturated rings. The van der Waals surface area contributed by atoms with Crippen molar-refractivity contribution in [2.45, 2.75) is 13.0 Å². The van der Waals surface area contributed by atoms with Crippen molar-refractivity contribution in [2.24, 2.45) is 5.73 Å². The van der Waals surface area contributed by atoms with E-state index in [9.17, 15) is 13.2 Å². The Morgan fingerprint density at radius 3 is 2.61 bits per heavy atom. The first kappa shape index (κ1) is 14.8. The summed E-state index contributed by atoms with van der Waals surface area (Å²) in [6, 6.07) is 4.42. The van der Waals surface area contributed by atoms with Crippen LogP contribution < -0.4 is 10.5 Å². The highest BCUT2D eigenvalue weighted by Crippen LogP contribution is 2.18. The van der Waals surface area contributed by atoms with Crippen LogP contribution in [0.1, 0.15) is 5.56 Å². The zero-order chi connectivity index (χ0) is 13.5. The topological polar surface area (TPSA) is 38.5 Å². The third-order valence-electron chi connectivity index (χ3n) is 2.46. The summed E-state index contributed by atoms with van der Waals surface area (Å²) in [6.07, 6.45) is -2.43. The van der Waals surface area contributed by atoms with Crippen LogP contribution in [0.25, 0.3) is 0 Å². The average molecular weight is 262 g/mol. The quantitative estimate of drug-likeness (QED) is 0.815. The van der Waals surface area contributed by atoms with E-state index in [0.29, 0.717) is 12.1 Å². The molecule has 0 atom stereocenters. The summed E-state index contributed by atoms with van der Waals surface area (Å²) in [7, 11) is 1.37. The van der Waals surface area contributed by atoms with E-state index in [1.54, 1.807) is 6.07 Å². The molecule has 6 heteroatoms. The zero-order valence-corrected chi connectivity index (χ0v) is 10.2. The van der Waals surface area contributed by atoms with E-state index >= 15 is 0 Å². The number of hydrogen-bond acceptors (Lipinski definition) is 3. The largest absolute Gasteiger partial charge is 0.494 e. The van der Waals surface area contributed by atoms with Gasteiger partial charge in [0.2, 0.25) is 0 Å². The molecule has 0 heterocycles. The summed E-state index contributed by atoms with van der Waals surface area (Å²) in [6.45, 7) is 0.497. The fraction of sp³-hybridized carbons (Fsp3) is 0.500. The van der Waals surface area contributed by atoms with Crippen LogP contribution in [-0.4, -0.2) is 38.1 Å². The van der Waals surface area contributed by atoms with Crippen molar-refractivity contribution in [3.8, 4) is 5.75 Å². The first-order chi connectivity index (χ1) is 8.56. The van der Waals surface area contributed by atoms with Crippen molar-refractivity contribution in [2.75, 3.05) is 26.7 Å². The first-order valence-electron chi connectivity index (χ1n) is 5.59. The second-order valence-corrected chi connectivity index (χ2v) is 3.88. The summed E-state index contributed by atoms with van der Waals surface area (Å²) in [5, 5.41) is 0. The van der Waals surface area contributed by atoms with Crippen molar-refractivity contribution in [3.05, 3.63) is 29.6 Å². The molecule has 102 valence electrons. The molecule has 0 aliphatic heterocycles. The van der Waals surface area contributed by atoms with Crippen LogP contribution in [0.2, 0.25) is 0 Å². The van der Waals surface area contributed by atoms with E-state index in [2.05, 4.69) is 0 Å². The van der Waals surface area contributed by atoms with Gasteiger partial charge < -0.3 is 10.5 Å². The van der Waals surface area contributed by atoms with Gasteiger partial charge in [-0.15, -0.1) is 0 Å². The Kier molecular flexibility index (Phi) is 5.94. The number of alkyl halides is 2. The minimum Gasteiger partial charge on any atom is -0.494 e. The van der Waals surface area contributed by atoms with Gasteiger partial charge >= 0.3 is 0 Å². The molecule has 1 aromatic rings. The molecule has 18 heavy (non-hydrogen) atoms. The number of nitrogens with zero attached hydrogens (tertiary/aromatic N) is 1. The molecule has 1 aromatic carbocycles. The minimum absolute atomic E-state index is 0.137. The predicted molar refractivity (Wildman–Crippen MR) is 63.3 cm³/mol. The zero-order valence-electron chi connectivity index (χ0n) is 10.2. The van der Waals surface area contributed by atoms with Crippen LogP contribution in [-0.2, 0) is 6.54 Å². The normalized spacial score (nSPS) is 11.3.